The molecule has 0 bridgehead atoms. The lowest BCUT2D eigenvalue weighted by Crippen LogP contribution is -2.50. The number of halogens is 3. The first kappa shape index (κ1) is 20.8. The number of rotatable bonds is 5. The van der Waals surface area contributed by atoms with Gasteiger partial charge in [-0.1, -0.05) is 44.4 Å². The maximum atomic E-state index is 15.8. The first-order chi connectivity index (χ1) is 13.4. The molecule has 3 aliphatic rings. The van der Waals surface area contributed by atoms with Gasteiger partial charge in [-0.25, -0.2) is 4.39 Å². The molecule has 2 saturated carbocycles. The van der Waals surface area contributed by atoms with Crippen LogP contribution in [0.1, 0.15) is 75.8 Å². The van der Waals surface area contributed by atoms with Crippen molar-refractivity contribution in [2.75, 3.05) is 5.88 Å². The summed E-state index contributed by atoms with van der Waals surface area (Å²) in [6, 6.07) is 3.61. The largest absolute Gasteiger partial charge is 0.506 e. The zero-order chi connectivity index (χ0) is 20.1. The molecule has 7 atom stereocenters. The molecule has 0 spiro atoms. The second-order valence-corrected chi connectivity index (χ2v) is 10.6. The molecule has 2 fully saturated rings. The fourth-order valence-electron chi connectivity index (χ4n) is 7.02. The van der Waals surface area contributed by atoms with Gasteiger partial charge in [0.1, 0.15) is 11.9 Å². The van der Waals surface area contributed by atoms with E-state index in [0.717, 1.165) is 43.2 Å². The number of alkyl halides is 2. The predicted molar refractivity (Wildman–Crippen MR) is 115 cm³/mol. The normalized spacial score (nSPS) is 39.3. The molecule has 0 aromatic heterocycles. The number of unbranched alkanes of at least 4 members (excludes halogenated alkanes) is 2. The molecule has 0 radical (unpaired) electrons. The van der Waals surface area contributed by atoms with Crippen LogP contribution in [0.2, 0.25) is 5.02 Å². The van der Waals surface area contributed by atoms with E-state index >= 15 is 4.39 Å². The minimum absolute atomic E-state index is 0.0664. The first-order valence-corrected chi connectivity index (χ1v) is 12.0. The van der Waals surface area contributed by atoms with Crippen LogP contribution < -0.4 is 0 Å². The molecule has 4 rings (SSSR count). The van der Waals surface area contributed by atoms with Crippen LogP contribution in [0.25, 0.3) is 0 Å². The zero-order valence-corrected chi connectivity index (χ0v) is 18.6. The second-order valence-electron chi connectivity index (χ2n) is 9.88. The summed E-state index contributed by atoms with van der Waals surface area (Å²) in [6.07, 6.45) is 7.59. The monoisotopic (exact) mass is 426 g/mol. The van der Waals surface area contributed by atoms with E-state index in [4.69, 9.17) is 23.2 Å². The van der Waals surface area contributed by atoms with Crippen molar-refractivity contribution in [2.24, 2.45) is 29.1 Å². The van der Waals surface area contributed by atoms with Crippen LogP contribution in [-0.4, -0.2) is 17.2 Å². The van der Waals surface area contributed by atoms with Crippen molar-refractivity contribution in [1.29, 1.82) is 0 Å². The van der Waals surface area contributed by atoms with Gasteiger partial charge in [-0.05, 0) is 84.8 Å². The average molecular weight is 427 g/mol. The molecule has 1 N–H and O–H groups in total. The fraction of sp³-hybridized carbons (Fsp3) is 0.750. The Kier molecular flexibility index (Phi) is 5.93. The first-order valence-electron chi connectivity index (χ1n) is 11.1. The summed E-state index contributed by atoms with van der Waals surface area (Å²) in [4.78, 5) is 0. The Morgan fingerprint density at radius 3 is 2.75 bits per heavy atom. The minimum atomic E-state index is -0.822. The van der Waals surface area contributed by atoms with Crippen LogP contribution in [-0.2, 0) is 6.42 Å². The van der Waals surface area contributed by atoms with Gasteiger partial charge in [0.25, 0.3) is 0 Å². The fourth-order valence-corrected chi connectivity index (χ4v) is 7.45. The lowest BCUT2D eigenvalue weighted by Gasteiger charge is -2.55. The van der Waals surface area contributed by atoms with E-state index < -0.39 is 6.17 Å². The standard InChI is InChI=1S/C24H33Cl2FO/c1-14-7-9-18-21-15(6-4-3-5-11-25)12-17-16(8-10-20(28)23(17)26)22(21)19(27)13-24(14,18)2/h8,10,14-15,18-19,21-22,28H,3-7,9,11-13H2,1-2H3/t14?,15-,18?,19?,21?,22?,24?/m1/s1. The summed E-state index contributed by atoms with van der Waals surface area (Å²) in [7, 11) is 0. The van der Waals surface area contributed by atoms with Crippen molar-refractivity contribution in [3.63, 3.8) is 0 Å². The molecule has 4 heteroatoms. The quantitative estimate of drug-likeness (QED) is 0.381. The number of phenols is 1. The van der Waals surface area contributed by atoms with Gasteiger partial charge in [0.05, 0.1) is 5.02 Å². The summed E-state index contributed by atoms with van der Waals surface area (Å²) < 4.78 is 15.8. The molecule has 156 valence electrons. The Labute approximate surface area is 179 Å². The number of phenolic OH excluding ortho intramolecular Hbond substituents is 1. The highest BCUT2D eigenvalue weighted by Crippen LogP contribution is 2.65. The van der Waals surface area contributed by atoms with Gasteiger partial charge in [0, 0.05) is 11.8 Å². The van der Waals surface area contributed by atoms with E-state index in [-0.39, 0.29) is 17.1 Å². The van der Waals surface area contributed by atoms with Crippen molar-refractivity contribution in [3.8, 4) is 5.75 Å². The van der Waals surface area contributed by atoms with Crippen LogP contribution in [0.15, 0.2) is 12.1 Å². The van der Waals surface area contributed by atoms with E-state index in [1.807, 2.05) is 6.07 Å². The van der Waals surface area contributed by atoms with Crippen LogP contribution in [0.4, 0.5) is 4.39 Å². The van der Waals surface area contributed by atoms with Crippen LogP contribution in [0.5, 0.6) is 5.75 Å². The van der Waals surface area contributed by atoms with Gasteiger partial charge in [0.15, 0.2) is 0 Å². The van der Waals surface area contributed by atoms with Crippen LogP contribution in [0.3, 0.4) is 0 Å². The third-order valence-corrected chi connectivity index (χ3v) is 9.31. The minimum Gasteiger partial charge on any atom is -0.506 e. The molecule has 6 unspecified atom stereocenters. The third-order valence-electron chi connectivity index (χ3n) is 8.62. The smallest absolute Gasteiger partial charge is 0.134 e. The van der Waals surface area contributed by atoms with E-state index in [2.05, 4.69) is 13.8 Å². The summed E-state index contributed by atoms with van der Waals surface area (Å²) in [5.74, 6) is 2.80. The lowest BCUT2D eigenvalue weighted by molar-refractivity contribution is -0.0420. The van der Waals surface area contributed by atoms with Crippen molar-refractivity contribution >= 4 is 23.2 Å². The Balaban J connectivity index is 1.72. The molecule has 0 aliphatic heterocycles. The SMILES string of the molecule is CC1CCC2C3C(c4ccc(O)c(Cl)c4C[C@H]3CCCCCCl)C(F)CC12C. The van der Waals surface area contributed by atoms with Crippen molar-refractivity contribution in [1.82, 2.24) is 0 Å². The summed E-state index contributed by atoms with van der Waals surface area (Å²) in [5, 5.41) is 10.6. The molecule has 0 amide bonds. The molecule has 3 aliphatic carbocycles. The van der Waals surface area contributed by atoms with Gasteiger partial charge in [-0.3, -0.25) is 0 Å². The van der Waals surface area contributed by atoms with E-state index in [9.17, 15) is 5.11 Å². The summed E-state index contributed by atoms with van der Waals surface area (Å²) in [6.45, 7) is 4.68. The van der Waals surface area contributed by atoms with Gasteiger partial charge in [0.2, 0.25) is 0 Å². The highest BCUT2D eigenvalue weighted by Gasteiger charge is 2.59. The van der Waals surface area contributed by atoms with Gasteiger partial charge >= 0.3 is 0 Å². The Morgan fingerprint density at radius 2 is 2.00 bits per heavy atom. The molecule has 1 aromatic rings. The van der Waals surface area contributed by atoms with Gasteiger partial charge in [-0.15, -0.1) is 11.6 Å². The second kappa shape index (κ2) is 7.99. The topological polar surface area (TPSA) is 20.2 Å². The molecule has 1 nitrogen and oxygen atoms in total. The lowest BCUT2D eigenvalue weighted by atomic mass is 9.50. The Morgan fingerprint density at radius 1 is 1.21 bits per heavy atom. The zero-order valence-electron chi connectivity index (χ0n) is 17.1. The van der Waals surface area contributed by atoms with Crippen molar-refractivity contribution in [2.45, 2.75) is 77.3 Å². The third kappa shape index (κ3) is 3.27. The van der Waals surface area contributed by atoms with Gasteiger partial charge in [-0.2, -0.15) is 0 Å². The van der Waals surface area contributed by atoms with E-state index in [0.29, 0.717) is 41.0 Å². The molecular formula is C24H33Cl2FO. The number of benzene rings is 1. The highest BCUT2D eigenvalue weighted by molar-refractivity contribution is 6.32. The van der Waals surface area contributed by atoms with E-state index in [1.54, 1.807) is 6.07 Å². The molecule has 0 saturated heterocycles. The molecule has 28 heavy (non-hydrogen) atoms. The van der Waals surface area contributed by atoms with Crippen LogP contribution in [0, 0.1) is 29.1 Å². The number of hydrogen-bond acceptors (Lipinski definition) is 1. The van der Waals surface area contributed by atoms with Crippen molar-refractivity contribution in [3.05, 3.63) is 28.3 Å². The Hall–Kier alpha value is -0.470. The molecular weight excluding hydrogens is 394 g/mol. The highest BCUT2D eigenvalue weighted by atomic mass is 35.5. The average Bonchev–Trinajstić information content (AvgIpc) is 2.96. The number of aromatic hydroxyl groups is 1. The van der Waals surface area contributed by atoms with E-state index in [1.165, 1.54) is 12.8 Å². The van der Waals surface area contributed by atoms with Gasteiger partial charge < -0.3 is 5.11 Å². The van der Waals surface area contributed by atoms with Crippen LogP contribution >= 0.6 is 23.2 Å². The summed E-state index contributed by atoms with van der Waals surface area (Å²) in [5.41, 5.74) is 2.19. The summed E-state index contributed by atoms with van der Waals surface area (Å²) >= 11 is 12.4. The Bertz CT molecular complexity index is 723. The predicted octanol–water partition coefficient (Wildman–Crippen LogP) is 7.51. The maximum absolute atomic E-state index is 15.8. The molecule has 1 aromatic carbocycles. The number of fused-ring (bicyclic) bond motifs is 5. The van der Waals surface area contributed by atoms with Crippen molar-refractivity contribution < 1.29 is 9.50 Å². The maximum Gasteiger partial charge on any atom is 0.134 e. The molecule has 0 heterocycles. The number of hydrogen-bond donors (Lipinski definition) is 1.